The Morgan fingerprint density at radius 2 is 2.29 bits per heavy atom. The van der Waals surface area contributed by atoms with Gasteiger partial charge in [-0.05, 0) is 19.1 Å². The molecule has 1 aromatic carbocycles. The van der Waals surface area contributed by atoms with Gasteiger partial charge >= 0.3 is 0 Å². The second-order valence-corrected chi connectivity index (χ2v) is 4.05. The molecule has 1 amide bonds. The highest BCUT2D eigenvalue weighted by Crippen LogP contribution is 2.25. The first-order chi connectivity index (χ1) is 10.1. The maximum absolute atomic E-state index is 11.9. The summed E-state index contributed by atoms with van der Waals surface area (Å²) in [4.78, 5) is 26.2. The van der Waals surface area contributed by atoms with Crippen molar-refractivity contribution in [1.82, 2.24) is 15.5 Å². The lowest BCUT2D eigenvalue weighted by Crippen LogP contribution is -2.23. The van der Waals surface area contributed by atoms with E-state index >= 15 is 0 Å². The molecule has 0 bridgehead atoms. The lowest BCUT2D eigenvalue weighted by molar-refractivity contribution is -0.384. The molecule has 0 aliphatic carbocycles. The van der Waals surface area contributed by atoms with Gasteiger partial charge in [0, 0.05) is 18.2 Å². The first-order valence-electron chi connectivity index (χ1n) is 6.17. The topological polar surface area (TPSA) is 123 Å². The fourth-order valence-corrected chi connectivity index (χ4v) is 1.70. The molecule has 0 spiro atoms. The lowest BCUT2D eigenvalue weighted by Gasteiger charge is -2.07. The summed E-state index contributed by atoms with van der Waals surface area (Å²) in [5.41, 5.74) is 0.410. The minimum atomic E-state index is -0.534. The van der Waals surface area contributed by atoms with Crippen molar-refractivity contribution in [3.8, 4) is 0 Å². The number of nitrogens with zero attached hydrogens (tertiary/aromatic N) is 3. The number of carbonyl (C=O) groups excluding carboxylic acids is 1. The number of amides is 1. The molecule has 0 saturated carbocycles. The summed E-state index contributed by atoms with van der Waals surface area (Å²) >= 11 is 0. The molecule has 0 atom stereocenters. The highest BCUT2D eigenvalue weighted by molar-refractivity contribution is 5.95. The Morgan fingerprint density at radius 1 is 1.48 bits per heavy atom. The minimum absolute atomic E-state index is 0.0814. The number of nitro groups is 1. The van der Waals surface area contributed by atoms with Gasteiger partial charge in [-0.25, -0.2) is 0 Å². The molecule has 110 valence electrons. The van der Waals surface area contributed by atoms with Crippen LogP contribution in [-0.2, 0) is 6.54 Å². The van der Waals surface area contributed by atoms with Gasteiger partial charge in [-0.15, -0.1) is 0 Å². The van der Waals surface area contributed by atoms with Crippen LogP contribution in [0.5, 0.6) is 0 Å². The molecule has 2 N–H and O–H groups in total. The van der Waals surface area contributed by atoms with Crippen molar-refractivity contribution in [2.24, 2.45) is 0 Å². The van der Waals surface area contributed by atoms with E-state index in [1.54, 1.807) is 0 Å². The van der Waals surface area contributed by atoms with Crippen molar-refractivity contribution in [1.29, 1.82) is 0 Å². The molecule has 9 heteroatoms. The highest BCUT2D eigenvalue weighted by atomic mass is 16.6. The molecule has 0 unspecified atom stereocenters. The fourth-order valence-electron chi connectivity index (χ4n) is 1.70. The third-order valence-electron chi connectivity index (χ3n) is 2.64. The van der Waals surface area contributed by atoms with Crippen molar-refractivity contribution in [3.63, 3.8) is 0 Å². The third-order valence-corrected chi connectivity index (χ3v) is 2.64. The van der Waals surface area contributed by atoms with Crippen LogP contribution in [0, 0.1) is 10.1 Å². The maximum Gasteiger partial charge on any atom is 0.293 e. The van der Waals surface area contributed by atoms with E-state index in [-0.39, 0.29) is 17.8 Å². The molecule has 1 heterocycles. The molecule has 0 radical (unpaired) electrons. The third kappa shape index (κ3) is 3.53. The maximum atomic E-state index is 11.9. The van der Waals surface area contributed by atoms with E-state index in [0.717, 1.165) is 6.39 Å². The molecule has 2 aromatic rings. The van der Waals surface area contributed by atoms with E-state index in [0.29, 0.717) is 18.1 Å². The second kappa shape index (κ2) is 6.46. The number of nitro benzene ring substituents is 1. The van der Waals surface area contributed by atoms with Crippen molar-refractivity contribution in [3.05, 3.63) is 46.1 Å². The Morgan fingerprint density at radius 3 is 2.90 bits per heavy atom. The Hall–Kier alpha value is -2.97. The van der Waals surface area contributed by atoms with Gasteiger partial charge in [0.1, 0.15) is 5.69 Å². The summed E-state index contributed by atoms with van der Waals surface area (Å²) in [6, 6.07) is 4.24. The summed E-state index contributed by atoms with van der Waals surface area (Å²) in [5.74, 6) is -0.131. The predicted octanol–water partition coefficient (Wildman–Crippen LogP) is 1.34. The Kier molecular flexibility index (Phi) is 4.44. The molecule has 9 nitrogen and oxygen atoms in total. The summed E-state index contributed by atoms with van der Waals surface area (Å²) in [7, 11) is 0. The molecule has 21 heavy (non-hydrogen) atoms. The van der Waals surface area contributed by atoms with Gasteiger partial charge in [0.25, 0.3) is 11.6 Å². The summed E-state index contributed by atoms with van der Waals surface area (Å²) in [6.07, 6.45) is 1.15. The van der Waals surface area contributed by atoms with Crippen LogP contribution in [0.2, 0.25) is 0 Å². The number of rotatable bonds is 6. The fraction of sp³-hybridized carbons (Fsp3) is 0.250. The van der Waals surface area contributed by atoms with E-state index < -0.39 is 10.8 Å². The Bertz CT molecular complexity index is 641. The minimum Gasteiger partial charge on any atom is -0.380 e. The lowest BCUT2D eigenvalue weighted by atomic mass is 10.1. The summed E-state index contributed by atoms with van der Waals surface area (Å²) in [6.45, 7) is 2.46. The molecule has 0 aliphatic rings. The normalized spacial score (nSPS) is 10.1. The number of anilines is 1. The van der Waals surface area contributed by atoms with E-state index in [9.17, 15) is 14.9 Å². The van der Waals surface area contributed by atoms with Gasteiger partial charge in [-0.1, -0.05) is 5.16 Å². The van der Waals surface area contributed by atoms with Crippen LogP contribution in [0.1, 0.15) is 23.1 Å². The Labute approximate surface area is 119 Å². The van der Waals surface area contributed by atoms with Crippen LogP contribution in [0.3, 0.4) is 0 Å². The highest BCUT2D eigenvalue weighted by Gasteiger charge is 2.17. The van der Waals surface area contributed by atoms with Gasteiger partial charge in [0.05, 0.1) is 11.5 Å². The number of hydrogen-bond acceptors (Lipinski definition) is 7. The average molecular weight is 291 g/mol. The van der Waals surface area contributed by atoms with Crippen LogP contribution in [0.25, 0.3) is 0 Å². The van der Waals surface area contributed by atoms with Crippen molar-refractivity contribution < 1.29 is 14.2 Å². The first-order valence-corrected chi connectivity index (χ1v) is 6.17. The van der Waals surface area contributed by atoms with Gasteiger partial charge in [-0.3, -0.25) is 14.9 Å². The summed E-state index contributed by atoms with van der Waals surface area (Å²) in [5, 5.41) is 20.0. The van der Waals surface area contributed by atoms with Crippen LogP contribution >= 0.6 is 0 Å². The van der Waals surface area contributed by atoms with Crippen LogP contribution in [0.15, 0.2) is 29.1 Å². The zero-order chi connectivity index (χ0) is 15.2. The molecule has 0 fully saturated rings. The van der Waals surface area contributed by atoms with Gasteiger partial charge in [0.2, 0.25) is 6.39 Å². The number of hydrogen-bond donors (Lipinski definition) is 2. The predicted molar refractivity (Wildman–Crippen MR) is 72.7 cm³/mol. The Balaban J connectivity index is 2.13. The van der Waals surface area contributed by atoms with Crippen molar-refractivity contribution in [2.45, 2.75) is 13.5 Å². The monoisotopic (exact) mass is 291 g/mol. The van der Waals surface area contributed by atoms with Crippen LogP contribution in [0.4, 0.5) is 11.4 Å². The van der Waals surface area contributed by atoms with E-state index in [2.05, 4.69) is 25.3 Å². The zero-order valence-electron chi connectivity index (χ0n) is 11.2. The zero-order valence-corrected chi connectivity index (χ0v) is 11.2. The molecule has 1 aromatic heterocycles. The number of nitrogens with one attached hydrogen (secondary N) is 2. The van der Waals surface area contributed by atoms with Gasteiger partial charge < -0.3 is 15.2 Å². The number of carbonyl (C=O) groups is 1. The molecular weight excluding hydrogens is 278 g/mol. The smallest absolute Gasteiger partial charge is 0.293 e. The molecule has 0 saturated heterocycles. The van der Waals surface area contributed by atoms with Crippen LogP contribution < -0.4 is 10.6 Å². The molecular formula is C12H13N5O4. The quantitative estimate of drug-likeness (QED) is 0.608. The van der Waals surface area contributed by atoms with Gasteiger partial charge in [-0.2, -0.15) is 4.98 Å². The second-order valence-electron chi connectivity index (χ2n) is 4.05. The SMILES string of the molecule is CCNc1ccc(C(=O)NCc2ncon2)cc1[N+](=O)[O-]. The molecule has 2 rings (SSSR count). The number of aromatic nitrogens is 2. The van der Waals surface area contributed by atoms with E-state index in [1.807, 2.05) is 6.92 Å². The van der Waals surface area contributed by atoms with Crippen molar-refractivity contribution in [2.75, 3.05) is 11.9 Å². The summed E-state index contributed by atoms with van der Waals surface area (Å²) < 4.78 is 4.54. The largest absolute Gasteiger partial charge is 0.380 e. The molecule has 0 aliphatic heterocycles. The standard InChI is InChI=1S/C12H13N5O4/c1-2-13-9-4-3-8(5-10(9)17(19)20)12(18)14-6-11-15-7-21-16-11/h3-5,7,13H,2,6H2,1H3,(H,14,18). The first kappa shape index (κ1) is 14.4. The van der Waals surface area contributed by atoms with Crippen molar-refractivity contribution >= 4 is 17.3 Å². The van der Waals surface area contributed by atoms with Crippen LogP contribution in [-0.4, -0.2) is 27.5 Å². The average Bonchev–Trinajstić information content (AvgIpc) is 2.98. The van der Waals surface area contributed by atoms with E-state index in [4.69, 9.17) is 0 Å². The van der Waals surface area contributed by atoms with E-state index in [1.165, 1.54) is 18.2 Å². The van der Waals surface area contributed by atoms with Gasteiger partial charge in [0.15, 0.2) is 5.82 Å². The number of benzene rings is 1.